The summed E-state index contributed by atoms with van der Waals surface area (Å²) in [6.45, 7) is 0. The van der Waals surface area contributed by atoms with Crippen LogP contribution in [0.15, 0.2) is 200 Å². The lowest BCUT2D eigenvalue weighted by molar-refractivity contribution is 1.29. The lowest BCUT2D eigenvalue weighted by atomic mass is 9.97. The van der Waals surface area contributed by atoms with Crippen molar-refractivity contribution in [2.45, 2.75) is 0 Å². The largest absolute Gasteiger partial charge is 0.310 e. The average Bonchev–Trinajstić information content (AvgIpc) is 3.82. The quantitative estimate of drug-likeness (QED) is 0.164. The number of thiophene rings is 2. The van der Waals surface area contributed by atoms with E-state index in [1.807, 2.05) is 22.7 Å². The highest BCUT2D eigenvalue weighted by atomic mass is 32.1. The first-order valence-corrected chi connectivity index (χ1v) is 20.3. The molecule has 0 unspecified atom stereocenters. The van der Waals surface area contributed by atoms with Crippen LogP contribution in [0.2, 0.25) is 0 Å². The molecule has 0 aliphatic rings. The molecule has 0 aliphatic heterocycles. The van der Waals surface area contributed by atoms with E-state index in [1.54, 1.807) is 0 Å². The van der Waals surface area contributed by atoms with E-state index in [-0.39, 0.29) is 0 Å². The average molecular weight is 736 g/mol. The highest BCUT2D eigenvalue weighted by Gasteiger charge is 2.16. The van der Waals surface area contributed by atoms with Crippen LogP contribution in [0.5, 0.6) is 0 Å². The first-order chi connectivity index (χ1) is 27.2. The Morgan fingerprint density at radius 3 is 1.47 bits per heavy atom. The third-order valence-electron chi connectivity index (χ3n) is 10.9. The van der Waals surface area contributed by atoms with Crippen molar-refractivity contribution in [3.63, 3.8) is 0 Å². The Morgan fingerprint density at radius 2 is 0.745 bits per heavy atom. The van der Waals surface area contributed by atoms with Gasteiger partial charge in [-0.05, 0) is 117 Å². The van der Waals surface area contributed by atoms with Gasteiger partial charge in [0, 0.05) is 57.4 Å². The number of nitrogens with zero attached hydrogens (tertiary/aromatic N) is 1. The summed E-state index contributed by atoms with van der Waals surface area (Å²) in [6.07, 6.45) is 0. The van der Waals surface area contributed by atoms with Crippen LogP contribution in [0.4, 0.5) is 17.1 Å². The molecule has 0 atom stereocenters. The monoisotopic (exact) mass is 735 g/mol. The molecular formula is C52H33NS2. The Hall–Kier alpha value is -6.52. The Morgan fingerprint density at radius 1 is 0.255 bits per heavy atom. The molecule has 11 rings (SSSR count). The lowest BCUT2D eigenvalue weighted by Gasteiger charge is -2.26. The Kier molecular flexibility index (Phi) is 7.61. The first-order valence-electron chi connectivity index (χ1n) is 18.6. The van der Waals surface area contributed by atoms with Gasteiger partial charge in [0.15, 0.2) is 0 Å². The molecule has 0 saturated heterocycles. The van der Waals surface area contributed by atoms with E-state index < -0.39 is 0 Å². The van der Waals surface area contributed by atoms with Crippen molar-refractivity contribution in [2.24, 2.45) is 0 Å². The fourth-order valence-corrected chi connectivity index (χ4v) is 10.3. The third-order valence-corrected chi connectivity index (χ3v) is 13.1. The first kappa shape index (κ1) is 32.0. The summed E-state index contributed by atoms with van der Waals surface area (Å²) in [5.74, 6) is 0. The Bertz CT molecular complexity index is 3200. The van der Waals surface area contributed by atoms with Gasteiger partial charge in [-0.15, -0.1) is 22.7 Å². The van der Waals surface area contributed by atoms with Crippen molar-refractivity contribution < 1.29 is 0 Å². The van der Waals surface area contributed by atoms with E-state index in [0.717, 1.165) is 17.1 Å². The number of anilines is 3. The molecule has 55 heavy (non-hydrogen) atoms. The molecule has 0 spiro atoms. The molecule has 0 radical (unpaired) electrons. The van der Waals surface area contributed by atoms with Crippen LogP contribution >= 0.6 is 22.7 Å². The maximum Gasteiger partial charge on any atom is 0.0476 e. The second kappa shape index (κ2) is 13.1. The molecule has 3 heteroatoms. The normalized spacial score (nSPS) is 11.6. The zero-order valence-electron chi connectivity index (χ0n) is 29.8. The molecule has 11 aromatic rings. The van der Waals surface area contributed by atoms with Crippen LogP contribution < -0.4 is 4.90 Å². The van der Waals surface area contributed by atoms with E-state index in [9.17, 15) is 0 Å². The molecule has 0 saturated carbocycles. The van der Waals surface area contributed by atoms with Crippen molar-refractivity contribution in [3.05, 3.63) is 200 Å². The fourth-order valence-electron chi connectivity index (χ4n) is 8.06. The van der Waals surface area contributed by atoms with Crippen LogP contribution in [0.1, 0.15) is 0 Å². The van der Waals surface area contributed by atoms with Gasteiger partial charge in [-0.2, -0.15) is 0 Å². The zero-order chi connectivity index (χ0) is 36.3. The van der Waals surface area contributed by atoms with E-state index in [1.165, 1.54) is 84.5 Å². The maximum absolute atomic E-state index is 2.39. The standard InChI is InChI=1S/C52H33NS2/c1-2-9-37-31-40(17-16-34(37)8-1)39-11-7-10-38(30-39)35-18-23-42(24-19-35)53(44-27-28-47-45-12-3-5-14-49(45)55-52(47)33-44)43-25-20-36(21-26-43)41-22-29-51-48(32-41)46-13-4-6-15-50(46)54-51/h1-33H. The molecule has 0 amide bonds. The third kappa shape index (κ3) is 5.68. The lowest BCUT2D eigenvalue weighted by Crippen LogP contribution is -2.09. The van der Waals surface area contributed by atoms with E-state index in [2.05, 4.69) is 205 Å². The van der Waals surface area contributed by atoms with Gasteiger partial charge >= 0.3 is 0 Å². The van der Waals surface area contributed by atoms with Crippen LogP contribution in [0, 0.1) is 0 Å². The number of fused-ring (bicyclic) bond motifs is 7. The highest BCUT2D eigenvalue weighted by Crippen LogP contribution is 2.42. The molecule has 1 nitrogen and oxygen atoms in total. The topological polar surface area (TPSA) is 3.24 Å². The summed E-state index contributed by atoms with van der Waals surface area (Å²) in [4.78, 5) is 2.39. The van der Waals surface area contributed by atoms with Gasteiger partial charge in [-0.3, -0.25) is 0 Å². The molecule has 0 N–H and O–H groups in total. The smallest absolute Gasteiger partial charge is 0.0476 e. The fraction of sp³-hybridized carbons (Fsp3) is 0. The number of benzene rings is 9. The van der Waals surface area contributed by atoms with E-state index >= 15 is 0 Å². The van der Waals surface area contributed by atoms with Crippen LogP contribution in [0.3, 0.4) is 0 Å². The summed E-state index contributed by atoms with van der Waals surface area (Å²) >= 11 is 3.72. The van der Waals surface area contributed by atoms with Gasteiger partial charge in [0.2, 0.25) is 0 Å². The van der Waals surface area contributed by atoms with Crippen LogP contribution in [0.25, 0.3) is 84.5 Å². The molecule has 0 aliphatic carbocycles. The maximum atomic E-state index is 2.39. The molecule has 0 fully saturated rings. The molecule has 258 valence electrons. The van der Waals surface area contributed by atoms with Gasteiger partial charge in [-0.25, -0.2) is 0 Å². The molecular weight excluding hydrogens is 703 g/mol. The summed E-state index contributed by atoms with van der Waals surface area (Å²) in [7, 11) is 0. The number of rotatable bonds is 6. The second-order valence-electron chi connectivity index (χ2n) is 14.2. The summed E-state index contributed by atoms with van der Waals surface area (Å²) in [6, 6.07) is 73.5. The SMILES string of the molecule is c1cc(-c2ccc(N(c3ccc(-c4ccc5sc6ccccc6c5c4)cc3)c3ccc4c(c3)sc3ccccc34)cc2)cc(-c2ccc3ccccc3c2)c1. The van der Waals surface area contributed by atoms with Crippen LogP contribution in [-0.2, 0) is 0 Å². The van der Waals surface area contributed by atoms with Gasteiger partial charge < -0.3 is 4.90 Å². The Labute approximate surface area is 327 Å². The molecule has 2 heterocycles. The Balaban J connectivity index is 0.974. The molecule has 9 aromatic carbocycles. The van der Waals surface area contributed by atoms with Crippen molar-refractivity contribution >= 4 is 90.9 Å². The van der Waals surface area contributed by atoms with Gasteiger partial charge in [0.1, 0.15) is 0 Å². The van der Waals surface area contributed by atoms with Crippen molar-refractivity contribution in [2.75, 3.05) is 4.90 Å². The van der Waals surface area contributed by atoms with Gasteiger partial charge in [-0.1, -0.05) is 127 Å². The van der Waals surface area contributed by atoms with Crippen LogP contribution in [-0.4, -0.2) is 0 Å². The number of hydrogen-bond donors (Lipinski definition) is 0. The van der Waals surface area contributed by atoms with Gasteiger partial charge in [0.05, 0.1) is 0 Å². The zero-order valence-corrected chi connectivity index (χ0v) is 31.4. The van der Waals surface area contributed by atoms with Crippen molar-refractivity contribution in [3.8, 4) is 33.4 Å². The van der Waals surface area contributed by atoms with Crippen molar-refractivity contribution in [1.29, 1.82) is 0 Å². The van der Waals surface area contributed by atoms with E-state index in [4.69, 9.17) is 0 Å². The minimum atomic E-state index is 1.12. The molecule has 0 bridgehead atoms. The second-order valence-corrected chi connectivity index (χ2v) is 16.3. The summed E-state index contributed by atoms with van der Waals surface area (Å²) in [5, 5.41) is 7.79. The minimum absolute atomic E-state index is 1.12. The summed E-state index contributed by atoms with van der Waals surface area (Å²) in [5.41, 5.74) is 10.7. The number of hydrogen-bond acceptors (Lipinski definition) is 3. The van der Waals surface area contributed by atoms with E-state index in [0.29, 0.717) is 0 Å². The highest BCUT2D eigenvalue weighted by molar-refractivity contribution is 7.26. The molecule has 2 aromatic heterocycles. The van der Waals surface area contributed by atoms with Gasteiger partial charge in [0.25, 0.3) is 0 Å². The predicted octanol–water partition coefficient (Wildman–Crippen LogP) is 16.0. The van der Waals surface area contributed by atoms with Crippen molar-refractivity contribution in [1.82, 2.24) is 0 Å². The predicted molar refractivity (Wildman–Crippen MR) is 241 cm³/mol. The minimum Gasteiger partial charge on any atom is -0.310 e. The summed E-state index contributed by atoms with van der Waals surface area (Å²) < 4.78 is 5.27.